The Morgan fingerprint density at radius 3 is 2.70 bits per heavy atom. The maximum atomic E-state index is 13.6. The van der Waals surface area contributed by atoms with E-state index in [1.54, 1.807) is 35.4 Å². The highest BCUT2D eigenvalue weighted by molar-refractivity contribution is 6.30. The van der Waals surface area contributed by atoms with Crippen molar-refractivity contribution in [2.24, 2.45) is 0 Å². The van der Waals surface area contributed by atoms with E-state index < -0.39 is 0 Å². The molecule has 0 spiro atoms. The summed E-state index contributed by atoms with van der Waals surface area (Å²) in [6, 6.07) is 9.62. The minimum Gasteiger partial charge on any atom is -0.365 e. The number of amides is 1. The largest absolute Gasteiger partial charge is 0.365 e. The van der Waals surface area contributed by atoms with Gasteiger partial charge in [-0.3, -0.25) is 14.6 Å². The molecule has 1 aliphatic rings. The van der Waals surface area contributed by atoms with Gasteiger partial charge in [-0.15, -0.1) is 0 Å². The van der Waals surface area contributed by atoms with Gasteiger partial charge in [0.1, 0.15) is 11.5 Å². The molecule has 1 aromatic heterocycles. The Hall–Kier alpha value is -2.47. The smallest absolute Gasteiger partial charge is 0.223 e. The molecule has 1 atom stereocenters. The minimum atomic E-state index is -0.378. The van der Waals surface area contributed by atoms with Gasteiger partial charge in [0.25, 0.3) is 0 Å². The number of carbonyl (C=O) groups is 2. The van der Waals surface area contributed by atoms with Gasteiger partial charge in [0.2, 0.25) is 5.91 Å². The van der Waals surface area contributed by atoms with E-state index in [0.717, 1.165) is 0 Å². The first-order valence-corrected chi connectivity index (χ1v) is 9.26. The molecule has 1 aliphatic heterocycles. The molecule has 0 radical (unpaired) electrons. The van der Waals surface area contributed by atoms with Crippen LogP contribution in [0.15, 0.2) is 42.6 Å². The van der Waals surface area contributed by atoms with E-state index in [4.69, 9.17) is 11.6 Å². The van der Waals surface area contributed by atoms with E-state index in [9.17, 15) is 14.0 Å². The number of Topliss-reactive ketones (excluding diaryl/α,β-unsaturated/α-hetero) is 1. The Balaban J connectivity index is 1.55. The van der Waals surface area contributed by atoms with E-state index in [1.807, 2.05) is 11.8 Å². The number of aromatic nitrogens is 1. The van der Waals surface area contributed by atoms with Crippen LogP contribution in [0.2, 0.25) is 5.02 Å². The highest BCUT2D eigenvalue weighted by Crippen LogP contribution is 2.25. The number of hydrogen-bond acceptors (Lipinski definition) is 4. The lowest BCUT2D eigenvalue weighted by Crippen LogP contribution is -2.53. The number of hydrogen-bond donors (Lipinski definition) is 0. The van der Waals surface area contributed by atoms with Gasteiger partial charge >= 0.3 is 0 Å². The van der Waals surface area contributed by atoms with Crippen LogP contribution in [0.25, 0.3) is 0 Å². The number of carbonyl (C=O) groups excluding carboxylic acids is 2. The van der Waals surface area contributed by atoms with Gasteiger partial charge in [-0.05, 0) is 37.3 Å². The van der Waals surface area contributed by atoms with Crippen molar-refractivity contribution >= 4 is 29.0 Å². The fraction of sp³-hybridized carbons (Fsp3) is 0.350. The van der Waals surface area contributed by atoms with Crippen molar-refractivity contribution in [2.45, 2.75) is 25.8 Å². The maximum absolute atomic E-state index is 13.6. The topological polar surface area (TPSA) is 53.5 Å². The molecule has 2 heterocycles. The van der Waals surface area contributed by atoms with Crippen molar-refractivity contribution in [2.75, 3.05) is 24.5 Å². The predicted octanol–water partition coefficient (Wildman–Crippen LogP) is 3.57. The molecule has 0 saturated carbocycles. The molecule has 1 saturated heterocycles. The first kappa shape index (κ1) is 19.3. The molecular weight excluding hydrogens is 369 g/mol. The van der Waals surface area contributed by atoms with Crippen molar-refractivity contribution < 1.29 is 14.0 Å². The average Bonchev–Trinajstić information content (AvgIpc) is 2.65. The number of ketones is 1. The minimum absolute atomic E-state index is 0.0204. The Kier molecular flexibility index (Phi) is 6.06. The lowest BCUT2D eigenvalue weighted by atomic mass is 10.1. The van der Waals surface area contributed by atoms with Gasteiger partial charge in [-0.1, -0.05) is 17.7 Å². The first-order chi connectivity index (χ1) is 12.9. The van der Waals surface area contributed by atoms with E-state index >= 15 is 0 Å². The van der Waals surface area contributed by atoms with Crippen LogP contribution in [-0.2, 0) is 4.79 Å². The Morgan fingerprint density at radius 2 is 2.04 bits per heavy atom. The predicted molar refractivity (Wildman–Crippen MR) is 103 cm³/mol. The SMILES string of the molecule is C[C@H]1CN(C(=O)CCC(=O)c2ccccn2)CCN1c1cc(F)cc(Cl)c1. The molecule has 1 fully saturated rings. The molecule has 0 N–H and O–H groups in total. The Labute approximate surface area is 162 Å². The standard InChI is InChI=1S/C20H21ClFN3O2/c1-14-13-24(8-9-25(14)17-11-15(21)10-16(22)12-17)20(27)6-5-19(26)18-4-2-3-7-23-18/h2-4,7,10-12,14H,5-6,8-9,13H2,1H3/t14-/m0/s1. The zero-order chi connectivity index (χ0) is 19.4. The van der Waals surface area contributed by atoms with Crippen LogP contribution in [0.4, 0.5) is 10.1 Å². The third-order valence-corrected chi connectivity index (χ3v) is 4.89. The lowest BCUT2D eigenvalue weighted by Gasteiger charge is -2.41. The second-order valence-electron chi connectivity index (χ2n) is 6.65. The highest BCUT2D eigenvalue weighted by atomic mass is 35.5. The zero-order valence-electron chi connectivity index (χ0n) is 15.1. The molecule has 3 rings (SSSR count). The van der Waals surface area contributed by atoms with Crippen LogP contribution >= 0.6 is 11.6 Å². The molecule has 7 heteroatoms. The van der Waals surface area contributed by atoms with E-state index in [0.29, 0.717) is 36.0 Å². The van der Waals surface area contributed by atoms with E-state index in [1.165, 1.54) is 12.1 Å². The Morgan fingerprint density at radius 1 is 1.22 bits per heavy atom. The molecule has 1 aromatic carbocycles. The third-order valence-electron chi connectivity index (χ3n) is 4.68. The summed E-state index contributed by atoms with van der Waals surface area (Å²) in [6.45, 7) is 3.61. The number of nitrogens with zero attached hydrogens (tertiary/aromatic N) is 3. The second-order valence-corrected chi connectivity index (χ2v) is 7.08. The number of halogens is 2. The molecular formula is C20H21ClFN3O2. The maximum Gasteiger partial charge on any atom is 0.223 e. The van der Waals surface area contributed by atoms with Crippen LogP contribution in [0.1, 0.15) is 30.3 Å². The number of rotatable bonds is 5. The molecule has 0 aliphatic carbocycles. The third kappa shape index (κ3) is 4.83. The van der Waals surface area contributed by atoms with Gasteiger partial charge in [0.05, 0.1) is 0 Å². The molecule has 0 unspecified atom stereocenters. The normalized spacial score (nSPS) is 17.1. The van der Waals surface area contributed by atoms with E-state index in [2.05, 4.69) is 4.98 Å². The molecule has 142 valence electrons. The summed E-state index contributed by atoms with van der Waals surface area (Å²) < 4.78 is 13.6. The van der Waals surface area contributed by atoms with Crippen molar-refractivity contribution in [3.63, 3.8) is 0 Å². The number of anilines is 1. The lowest BCUT2D eigenvalue weighted by molar-refractivity contribution is -0.131. The van der Waals surface area contributed by atoms with Crippen LogP contribution in [0, 0.1) is 5.82 Å². The summed E-state index contributed by atoms with van der Waals surface area (Å²) in [5.74, 6) is -0.565. The fourth-order valence-electron chi connectivity index (χ4n) is 3.31. The van der Waals surface area contributed by atoms with Gasteiger partial charge in [0, 0.05) is 55.4 Å². The van der Waals surface area contributed by atoms with Gasteiger partial charge in [-0.25, -0.2) is 4.39 Å². The van der Waals surface area contributed by atoms with Crippen LogP contribution in [0.5, 0.6) is 0 Å². The van der Waals surface area contributed by atoms with Crippen LogP contribution in [-0.4, -0.2) is 47.3 Å². The van der Waals surface area contributed by atoms with Crippen LogP contribution < -0.4 is 4.90 Å². The number of pyridine rings is 1. The quantitative estimate of drug-likeness (QED) is 0.733. The Bertz CT molecular complexity index is 811. The summed E-state index contributed by atoms with van der Waals surface area (Å²) in [6.07, 6.45) is 1.87. The summed E-state index contributed by atoms with van der Waals surface area (Å²) in [5.41, 5.74) is 1.09. The van der Waals surface area contributed by atoms with Gasteiger partial charge in [-0.2, -0.15) is 0 Å². The molecule has 5 nitrogen and oxygen atoms in total. The first-order valence-electron chi connectivity index (χ1n) is 8.89. The summed E-state index contributed by atoms with van der Waals surface area (Å²) >= 11 is 5.95. The van der Waals surface area contributed by atoms with Crippen molar-refractivity contribution in [1.82, 2.24) is 9.88 Å². The fourth-order valence-corrected chi connectivity index (χ4v) is 3.52. The monoisotopic (exact) mass is 389 g/mol. The van der Waals surface area contributed by atoms with Crippen molar-refractivity contribution in [1.29, 1.82) is 0 Å². The highest BCUT2D eigenvalue weighted by Gasteiger charge is 2.27. The van der Waals surface area contributed by atoms with Gasteiger partial charge < -0.3 is 9.80 Å². The summed E-state index contributed by atoms with van der Waals surface area (Å²) in [5, 5.41) is 0.351. The van der Waals surface area contributed by atoms with Crippen LogP contribution in [0.3, 0.4) is 0 Å². The molecule has 2 aromatic rings. The van der Waals surface area contributed by atoms with Crippen molar-refractivity contribution in [3.05, 3.63) is 59.1 Å². The zero-order valence-corrected chi connectivity index (χ0v) is 15.8. The molecule has 1 amide bonds. The number of piperazine rings is 1. The average molecular weight is 390 g/mol. The van der Waals surface area contributed by atoms with E-state index in [-0.39, 0.29) is 36.4 Å². The molecule has 0 bridgehead atoms. The molecule has 27 heavy (non-hydrogen) atoms. The van der Waals surface area contributed by atoms with Gasteiger partial charge in [0.15, 0.2) is 5.78 Å². The van der Waals surface area contributed by atoms with Crippen molar-refractivity contribution in [3.8, 4) is 0 Å². The summed E-state index contributed by atoms with van der Waals surface area (Å²) in [7, 11) is 0. The summed E-state index contributed by atoms with van der Waals surface area (Å²) in [4.78, 5) is 32.4. The second kappa shape index (κ2) is 8.48. The number of benzene rings is 1.